The molecule has 1 aromatic rings. The molecule has 0 bridgehead atoms. The number of cyclic esters (lactones) is 1. The normalized spacial score (nSPS) is 31.6. The minimum atomic E-state index is -0.0929. The highest BCUT2D eigenvalue weighted by Gasteiger charge is 2.67. The van der Waals surface area contributed by atoms with Crippen molar-refractivity contribution in [1.29, 1.82) is 0 Å². The van der Waals surface area contributed by atoms with Crippen molar-refractivity contribution < 1.29 is 9.53 Å². The number of benzene rings is 1. The number of carbonyl (C=O) groups is 1. The standard InChI is InChI=1S/C15H17NO2/c17-14-16(13-9-15(13)6-7-15)12(10-18-14)8-11-4-2-1-3-5-11/h1-5,12-13H,6-10H2/t12-,13+/m1/s1. The third-order valence-electron chi connectivity index (χ3n) is 4.69. The Bertz CT molecular complexity index is 481. The summed E-state index contributed by atoms with van der Waals surface area (Å²) in [6.45, 7) is 0.556. The molecule has 4 rings (SSSR count). The maximum atomic E-state index is 11.9. The molecule has 2 atom stereocenters. The highest BCUT2D eigenvalue weighted by Crippen LogP contribution is 2.68. The molecule has 2 aliphatic carbocycles. The first-order valence-corrected chi connectivity index (χ1v) is 6.78. The molecule has 1 spiro atoms. The van der Waals surface area contributed by atoms with Gasteiger partial charge < -0.3 is 4.74 Å². The number of amides is 1. The molecule has 0 N–H and O–H groups in total. The van der Waals surface area contributed by atoms with Gasteiger partial charge in [0.15, 0.2) is 0 Å². The van der Waals surface area contributed by atoms with Crippen LogP contribution >= 0.6 is 0 Å². The van der Waals surface area contributed by atoms with E-state index in [0.717, 1.165) is 6.42 Å². The summed E-state index contributed by atoms with van der Waals surface area (Å²) in [5.74, 6) is 0. The minimum absolute atomic E-state index is 0.0929. The van der Waals surface area contributed by atoms with Crippen LogP contribution in [0.5, 0.6) is 0 Å². The van der Waals surface area contributed by atoms with Gasteiger partial charge in [-0.15, -0.1) is 0 Å². The van der Waals surface area contributed by atoms with E-state index in [2.05, 4.69) is 24.3 Å². The van der Waals surface area contributed by atoms with E-state index in [1.54, 1.807) is 0 Å². The Kier molecular flexibility index (Phi) is 2.02. The summed E-state index contributed by atoms with van der Waals surface area (Å²) >= 11 is 0. The molecule has 18 heavy (non-hydrogen) atoms. The van der Waals surface area contributed by atoms with Crippen LogP contribution in [-0.4, -0.2) is 29.7 Å². The molecule has 94 valence electrons. The second kappa shape index (κ2) is 3.50. The molecule has 0 radical (unpaired) electrons. The number of ether oxygens (including phenoxy) is 1. The monoisotopic (exact) mass is 243 g/mol. The van der Waals surface area contributed by atoms with Crippen LogP contribution in [0.25, 0.3) is 0 Å². The Morgan fingerprint density at radius 3 is 2.72 bits per heavy atom. The van der Waals surface area contributed by atoms with Gasteiger partial charge in [-0.1, -0.05) is 30.3 Å². The van der Waals surface area contributed by atoms with Crippen molar-refractivity contribution in [3.63, 3.8) is 0 Å². The lowest BCUT2D eigenvalue weighted by molar-refractivity contribution is 0.154. The average molecular weight is 243 g/mol. The zero-order valence-corrected chi connectivity index (χ0v) is 10.3. The summed E-state index contributed by atoms with van der Waals surface area (Å²) in [7, 11) is 0. The first-order chi connectivity index (χ1) is 8.78. The van der Waals surface area contributed by atoms with E-state index in [0.29, 0.717) is 18.1 Å². The Morgan fingerprint density at radius 2 is 2.06 bits per heavy atom. The average Bonchev–Trinajstić information content (AvgIpc) is 3.28. The van der Waals surface area contributed by atoms with Gasteiger partial charge in [-0.3, -0.25) is 4.90 Å². The van der Waals surface area contributed by atoms with E-state index in [-0.39, 0.29) is 12.1 Å². The van der Waals surface area contributed by atoms with Crippen molar-refractivity contribution in [2.24, 2.45) is 5.41 Å². The van der Waals surface area contributed by atoms with Crippen LogP contribution in [0.2, 0.25) is 0 Å². The molecule has 1 aliphatic heterocycles. The predicted octanol–water partition coefficient (Wildman–Crippen LogP) is 2.60. The van der Waals surface area contributed by atoms with Gasteiger partial charge in [0, 0.05) is 6.04 Å². The van der Waals surface area contributed by atoms with Gasteiger partial charge in [0.2, 0.25) is 0 Å². The fourth-order valence-electron chi connectivity index (χ4n) is 3.31. The lowest BCUT2D eigenvalue weighted by atomic mass is 10.1. The van der Waals surface area contributed by atoms with Crippen LogP contribution in [0.15, 0.2) is 30.3 Å². The van der Waals surface area contributed by atoms with Crippen molar-refractivity contribution in [2.75, 3.05) is 6.61 Å². The second-order valence-electron chi connectivity index (χ2n) is 5.91. The maximum Gasteiger partial charge on any atom is 0.410 e. The van der Waals surface area contributed by atoms with Crippen LogP contribution in [-0.2, 0) is 11.2 Å². The Hall–Kier alpha value is -1.51. The van der Waals surface area contributed by atoms with Crippen LogP contribution in [0.1, 0.15) is 24.8 Å². The molecular weight excluding hydrogens is 226 g/mol. The van der Waals surface area contributed by atoms with E-state index in [9.17, 15) is 4.79 Å². The van der Waals surface area contributed by atoms with Crippen LogP contribution in [0, 0.1) is 5.41 Å². The predicted molar refractivity (Wildman–Crippen MR) is 67.2 cm³/mol. The fourth-order valence-corrected chi connectivity index (χ4v) is 3.31. The highest BCUT2D eigenvalue weighted by molar-refractivity contribution is 5.71. The fraction of sp³-hybridized carbons (Fsp3) is 0.533. The van der Waals surface area contributed by atoms with Gasteiger partial charge in [-0.25, -0.2) is 4.79 Å². The molecule has 1 heterocycles. The molecule has 1 saturated heterocycles. The minimum Gasteiger partial charge on any atom is -0.447 e. The largest absolute Gasteiger partial charge is 0.447 e. The zero-order chi connectivity index (χ0) is 12.2. The molecule has 2 saturated carbocycles. The van der Waals surface area contributed by atoms with E-state index in [1.807, 2.05) is 11.0 Å². The lowest BCUT2D eigenvalue weighted by Gasteiger charge is -2.21. The van der Waals surface area contributed by atoms with Gasteiger partial charge in [0.1, 0.15) is 6.61 Å². The van der Waals surface area contributed by atoms with Crippen LogP contribution in [0.4, 0.5) is 4.79 Å². The maximum absolute atomic E-state index is 11.9. The van der Waals surface area contributed by atoms with Crippen molar-refractivity contribution >= 4 is 6.09 Å². The van der Waals surface area contributed by atoms with E-state index in [1.165, 1.54) is 24.8 Å². The van der Waals surface area contributed by atoms with Crippen LogP contribution < -0.4 is 0 Å². The van der Waals surface area contributed by atoms with Crippen molar-refractivity contribution in [3.8, 4) is 0 Å². The van der Waals surface area contributed by atoms with Crippen molar-refractivity contribution in [3.05, 3.63) is 35.9 Å². The molecule has 1 aromatic carbocycles. The third kappa shape index (κ3) is 1.53. The Labute approximate surface area is 107 Å². The van der Waals surface area contributed by atoms with Gasteiger partial charge in [-0.05, 0) is 36.7 Å². The summed E-state index contributed by atoms with van der Waals surface area (Å²) in [5.41, 5.74) is 1.80. The smallest absolute Gasteiger partial charge is 0.410 e. The van der Waals surface area contributed by atoms with E-state index < -0.39 is 0 Å². The summed E-state index contributed by atoms with van der Waals surface area (Å²) in [6.07, 6.45) is 4.63. The molecule has 3 fully saturated rings. The number of nitrogens with zero attached hydrogens (tertiary/aromatic N) is 1. The van der Waals surface area contributed by atoms with Crippen molar-refractivity contribution in [1.82, 2.24) is 4.90 Å². The first kappa shape index (κ1) is 10.4. The quantitative estimate of drug-likeness (QED) is 0.816. The number of hydrogen-bond acceptors (Lipinski definition) is 2. The topological polar surface area (TPSA) is 29.5 Å². The number of carbonyl (C=O) groups excluding carboxylic acids is 1. The Balaban J connectivity index is 1.51. The van der Waals surface area contributed by atoms with Gasteiger partial charge in [0.25, 0.3) is 0 Å². The summed E-state index contributed by atoms with van der Waals surface area (Å²) in [6, 6.07) is 11.1. The lowest BCUT2D eigenvalue weighted by Crippen LogP contribution is -2.38. The van der Waals surface area contributed by atoms with E-state index in [4.69, 9.17) is 4.74 Å². The van der Waals surface area contributed by atoms with E-state index >= 15 is 0 Å². The third-order valence-corrected chi connectivity index (χ3v) is 4.69. The molecule has 3 nitrogen and oxygen atoms in total. The van der Waals surface area contributed by atoms with Crippen molar-refractivity contribution in [2.45, 2.75) is 37.8 Å². The highest BCUT2D eigenvalue weighted by atomic mass is 16.6. The number of rotatable bonds is 3. The summed E-state index contributed by atoms with van der Waals surface area (Å²) in [4.78, 5) is 13.9. The van der Waals surface area contributed by atoms with Crippen LogP contribution in [0.3, 0.4) is 0 Å². The van der Waals surface area contributed by atoms with Gasteiger partial charge in [-0.2, -0.15) is 0 Å². The van der Waals surface area contributed by atoms with Gasteiger partial charge >= 0.3 is 6.09 Å². The summed E-state index contributed by atoms with van der Waals surface area (Å²) in [5, 5.41) is 0. The SMILES string of the molecule is O=C1OC[C@@H](Cc2ccccc2)N1[C@H]1CC12CC2. The first-order valence-electron chi connectivity index (χ1n) is 6.78. The summed E-state index contributed by atoms with van der Waals surface area (Å²) < 4.78 is 5.26. The molecule has 3 heteroatoms. The molecule has 0 aromatic heterocycles. The molecule has 3 aliphatic rings. The van der Waals surface area contributed by atoms with Gasteiger partial charge in [0.05, 0.1) is 6.04 Å². The zero-order valence-electron chi connectivity index (χ0n) is 10.3. The molecule has 1 amide bonds. The second-order valence-corrected chi connectivity index (χ2v) is 5.91. The Morgan fingerprint density at radius 1 is 1.28 bits per heavy atom. The molecule has 0 unspecified atom stereocenters. The number of hydrogen-bond donors (Lipinski definition) is 0. The molecular formula is C15H17NO2.